The van der Waals surface area contributed by atoms with Gasteiger partial charge in [0, 0.05) is 34.4 Å². The number of azo groups is 3. The van der Waals surface area contributed by atoms with Gasteiger partial charge in [0.2, 0.25) is 0 Å². The van der Waals surface area contributed by atoms with E-state index in [2.05, 4.69) is 35.8 Å². The first kappa shape index (κ1) is 56.5. The van der Waals surface area contributed by atoms with Crippen LogP contribution in [0, 0.1) is 0 Å². The number of carbonyl (C=O) groups is 1. The van der Waals surface area contributed by atoms with E-state index in [0.29, 0.717) is 22.9 Å². The Morgan fingerprint density at radius 3 is 1.57 bits per heavy atom. The number of aromatic carboxylic acids is 1. The number of nitrogens with zero attached hydrogens (tertiary/aromatic N) is 7. The Labute approximate surface area is 429 Å². The van der Waals surface area contributed by atoms with E-state index in [0.717, 1.165) is 60.7 Å². The summed E-state index contributed by atoms with van der Waals surface area (Å²) >= 11 is 0. The topological polar surface area (TPSA) is 520 Å². The number of phenolic OH excluding ortho intramolecular Hbond substituents is 2. The maximum atomic E-state index is 13.4. The van der Waals surface area contributed by atoms with E-state index in [1.54, 1.807) is 0 Å². The predicted octanol–water partition coefficient (Wildman–Crippen LogP) is 4.80. The number of nitrogens with one attached hydrogen (secondary N) is 1. The third-order valence-corrected chi connectivity index (χ3v) is 14.7. The van der Waals surface area contributed by atoms with Crippen molar-refractivity contribution in [1.82, 2.24) is 9.78 Å². The lowest BCUT2D eigenvalue weighted by Crippen LogP contribution is -2.14. The van der Waals surface area contributed by atoms with E-state index in [1.807, 2.05) is 0 Å². The Kier molecular flexibility index (Phi) is 15.5. The number of aromatic amines is 1. The van der Waals surface area contributed by atoms with Gasteiger partial charge in [-0.25, -0.2) is 9.48 Å². The fourth-order valence-corrected chi connectivity index (χ4v) is 10.2. The minimum atomic E-state index is -5.62. The fraction of sp³-hybridized carbons (Fsp3) is 0.100. The lowest BCUT2D eigenvalue weighted by molar-refractivity contribution is 0.0690. The minimum Gasteiger partial charge on any atom is -0.507 e. The highest BCUT2D eigenvalue weighted by Crippen LogP contribution is 2.48. The predicted molar refractivity (Wildman–Crippen MR) is 258 cm³/mol. The van der Waals surface area contributed by atoms with Crippen LogP contribution >= 0.6 is 0 Å². The lowest BCUT2D eigenvalue weighted by Gasteiger charge is -2.14. The molecule has 0 bridgehead atoms. The SMILES string of the molecule is O=C(O)c1[nH]n(-c2ccc(S(=O)(=O)O)cc2)c(=O)c1N=Nc1ccc2c(O)c(N=Nc3cc(OCCO)c(N=Nc4ccc(S(=O)(=O)O)c5cc(S(=O)(=O)O)cc(O)c45)cc3OCCO)c(S(=O)(=O)O)cc2c1S(=O)(=O)O. The standard InChI is InChI=1S/C40H32N8O24S5/c49-9-11-71-29-17-27(30(72-12-10-50)16-26(29)43-41-24-7-8-31(75(62,63)64)23-13-20(74(59,60)61)14-28(51)33(23)24)44-45-34-32(76(65,66)67)15-22-21(37(34)52)5-6-25(38(22)77(68,69)70)42-46-35-36(40(54)55)47-48(39(35)53)18-1-3-19(4-2-18)73(56,57)58/h1-8,13-17,47,49-52H,9-12H2,(H,54,55)(H,56,57,58)(H,59,60,61)(H,62,63,64)(H,65,66,67)(H,68,69,70). The summed E-state index contributed by atoms with van der Waals surface area (Å²) in [7, 11) is -26.1. The largest absolute Gasteiger partial charge is 0.507 e. The van der Waals surface area contributed by atoms with Crippen molar-refractivity contribution < 1.29 is 105 Å². The van der Waals surface area contributed by atoms with Gasteiger partial charge in [0.25, 0.3) is 56.1 Å². The maximum absolute atomic E-state index is 13.4. The molecule has 32 nitrogen and oxygen atoms in total. The number of fused-ring (bicyclic) bond motifs is 2. The molecule has 0 radical (unpaired) electrons. The van der Waals surface area contributed by atoms with Crippen LogP contribution in [0.4, 0.5) is 34.1 Å². The highest BCUT2D eigenvalue weighted by Gasteiger charge is 2.30. The van der Waals surface area contributed by atoms with Crippen LogP contribution in [0.15, 0.2) is 139 Å². The summed E-state index contributed by atoms with van der Waals surface area (Å²) in [5, 5.41) is 73.6. The van der Waals surface area contributed by atoms with E-state index in [9.17, 15) is 100.0 Å². The number of carboxylic acids is 1. The van der Waals surface area contributed by atoms with Gasteiger partial charge < -0.3 is 35.0 Å². The smallest absolute Gasteiger partial charge is 0.356 e. The van der Waals surface area contributed by atoms with Crippen molar-refractivity contribution in [2.24, 2.45) is 30.7 Å². The molecule has 7 rings (SSSR count). The number of aliphatic hydroxyl groups excluding tert-OH is 2. The van der Waals surface area contributed by atoms with Crippen LogP contribution in [0.2, 0.25) is 0 Å². The number of aliphatic hydroxyl groups is 2. The van der Waals surface area contributed by atoms with Gasteiger partial charge in [-0.05, 0) is 60.7 Å². The number of hydrogen-bond donors (Lipinski definition) is 11. The molecule has 1 aromatic heterocycles. The number of H-pyrrole nitrogens is 1. The van der Waals surface area contributed by atoms with E-state index >= 15 is 0 Å². The van der Waals surface area contributed by atoms with Gasteiger partial charge in [-0.1, -0.05) is 0 Å². The normalized spacial score (nSPS) is 12.9. The van der Waals surface area contributed by atoms with Gasteiger partial charge >= 0.3 is 5.97 Å². The molecule has 1 heterocycles. The summed E-state index contributed by atoms with van der Waals surface area (Å²) in [6, 6.07) is 10.5. The molecule has 0 aliphatic carbocycles. The van der Waals surface area contributed by atoms with Gasteiger partial charge in [-0.3, -0.25) is 32.7 Å². The van der Waals surface area contributed by atoms with Crippen LogP contribution in [0.3, 0.4) is 0 Å². The van der Waals surface area contributed by atoms with Crippen LogP contribution in [-0.2, 0) is 50.6 Å². The number of aromatic hydroxyl groups is 2. The van der Waals surface area contributed by atoms with Crippen molar-refractivity contribution in [3.63, 3.8) is 0 Å². The summed E-state index contributed by atoms with van der Waals surface area (Å²) in [5.41, 5.74) is -6.73. The molecule has 0 atom stereocenters. The Morgan fingerprint density at radius 1 is 0.532 bits per heavy atom. The zero-order valence-electron chi connectivity index (χ0n) is 37.7. The molecular weight excluding hydrogens is 1140 g/mol. The zero-order valence-corrected chi connectivity index (χ0v) is 41.8. The van der Waals surface area contributed by atoms with Crippen LogP contribution in [0.1, 0.15) is 10.5 Å². The average Bonchev–Trinajstić information content (AvgIpc) is 3.74. The highest BCUT2D eigenvalue weighted by molar-refractivity contribution is 7.87. The van der Waals surface area contributed by atoms with Crippen LogP contribution in [0.5, 0.6) is 23.0 Å². The molecule has 0 aliphatic rings. The van der Waals surface area contributed by atoms with Crippen LogP contribution in [-0.4, -0.2) is 133 Å². The molecule has 7 aromatic rings. The van der Waals surface area contributed by atoms with Gasteiger partial charge in [0.05, 0.1) is 39.8 Å². The second-order valence-electron chi connectivity index (χ2n) is 15.2. The van der Waals surface area contributed by atoms with Crippen LogP contribution in [0.25, 0.3) is 27.2 Å². The molecule has 0 fully saturated rings. The number of hydrogen-bond acceptors (Lipinski definition) is 24. The summed E-state index contributed by atoms with van der Waals surface area (Å²) in [5.74, 6) is -4.83. The lowest BCUT2D eigenvalue weighted by atomic mass is 10.1. The quantitative estimate of drug-likeness (QED) is 0.0382. The Balaban J connectivity index is 1.36. The van der Waals surface area contributed by atoms with E-state index < -0.39 is 186 Å². The summed E-state index contributed by atoms with van der Waals surface area (Å²) in [4.78, 5) is 20.3. The summed E-state index contributed by atoms with van der Waals surface area (Å²) in [6.45, 7) is -2.31. The molecule has 0 amide bonds. The van der Waals surface area contributed by atoms with Gasteiger partial charge in [-0.2, -0.15) is 42.1 Å². The van der Waals surface area contributed by atoms with Gasteiger partial charge in [0.15, 0.2) is 17.1 Å². The number of ether oxygens (including phenoxy) is 2. The highest BCUT2D eigenvalue weighted by atomic mass is 32.2. The Bertz CT molecular complexity index is 4350. The number of benzene rings is 6. The Hall–Kier alpha value is -8.21. The third-order valence-electron chi connectivity index (χ3n) is 10.3. The fourth-order valence-electron chi connectivity index (χ4n) is 7.05. The second-order valence-corrected chi connectivity index (χ2v) is 22.2. The monoisotopic (exact) mass is 1170 g/mol. The average molecular weight is 1170 g/mol. The van der Waals surface area contributed by atoms with Crippen molar-refractivity contribution in [1.29, 1.82) is 0 Å². The summed E-state index contributed by atoms with van der Waals surface area (Å²) < 4.78 is 184. The zero-order chi connectivity index (χ0) is 56.7. The molecule has 0 aliphatic heterocycles. The molecule has 37 heteroatoms. The second kappa shape index (κ2) is 21.1. The molecule has 406 valence electrons. The molecule has 0 unspecified atom stereocenters. The molecule has 77 heavy (non-hydrogen) atoms. The van der Waals surface area contributed by atoms with Crippen molar-refractivity contribution in [3.05, 3.63) is 94.9 Å². The van der Waals surface area contributed by atoms with Crippen molar-refractivity contribution in [3.8, 4) is 28.7 Å². The van der Waals surface area contributed by atoms with Crippen LogP contribution < -0.4 is 15.0 Å². The first-order chi connectivity index (χ1) is 35.8. The molecule has 11 N–H and O–H groups in total. The van der Waals surface area contributed by atoms with Gasteiger partial charge in [-0.15, -0.1) is 30.7 Å². The molecule has 6 aromatic carbocycles. The van der Waals surface area contributed by atoms with Crippen molar-refractivity contribution >= 4 is 112 Å². The molecular formula is C40H32N8O24S5. The third kappa shape index (κ3) is 11.9. The summed E-state index contributed by atoms with van der Waals surface area (Å²) in [6.07, 6.45) is 0. The number of phenols is 2. The molecule has 0 saturated carbocycles. The van der Waals surface area contributed by atoms with E-state index in [4.69, 9.17) is 9.47 Å². The van der Waals surface area contributed by atoms with E-state index in [-0.39, 0.29) is 17.1 Å². The number of rotatable bonds is 19. The first-order valence-corrected chi connectivity index (χ1v) is 27.6. The van der Waals surface area contributed by atoms with E-state index in [1.165, 1.54) is 0 Å². The minimum absolute atomic E-state index is 0.201. The number of aromatic nitrogens is 2. The first-order valence-electron chi connectivity index (χ1n) is 20.4. The van der Waals surface area contributed by atoms with Crippen molar-refractivity contribution in [2.45, 2.75) is 24.5 Å². The number of carboxylic acid groups (broad SMARTS) is 1. The Morgan fingerprint density at radius 2 is 1.05 bits per heavy atom. The molecule has 0 saturated heterocycles. The van der Waals surface area contributed by atoms with Gasteiger partial charge in [0.1, 0.15) is 67.9 Å². The molecule has 0 spiro atoms. The maximum Gasteiger partial charge on any atom is 0.356 e. The van der Waals surface area contributed by atoms with Crippen molar-refractivity contribution in [2.75, 3.05) is 26.4 Å².